The van der Waals surface area contributed by atoms with Gasteiger partial charge in [-0.15, -0.1) is 0 Å². The van der Waals surface area contributed by atoms with Gasteiger partial charge in [0.2, 0.25) is 0 Å². The lowest BCUT2D eigenvalue weighted by atomic mass is 10.3. The number of rotatable bonds is 6. The van der Waals surface area contributed by atoms with E-state index in [1.807, 2.05) is 12.1 Å². The Balaban J connectivity index is 2.34. The van der Waals surface area contributed by atoms with Gasteiger partial charge in [0, 0.05) is 13.3 Å². The van der Waals surface area contributed by atoms with Gasteiger partial charge in [0.15, 0.2) is 0 Å². The standard InChI is InChI=1S/C9H15N3O2/c1-13-4-5-14-7-8-2-3-11-9(6-8)12-10/h2-3,6H,4-5,7,10H2,1H3,(H,11,12). The topological polar surface area (TPSA) is 69.4 Å². The molecule has 0 aliphatic carbocycles. The monoisotopic (exact) mass is 197 g/mol. The number of nitrogen functional groups attached to an aromatic ring is 1. The number of hydrogen-bond acceptors (Lipinski definition) is 5. The molecule has 0 unspecified atom stereocenters. The first-order valence-corrected chi connectivity index (χ1v) is 4.35. The van der Waals surface area contributed by atoms with Crippen molar-refractivity contribution in [2.24, 2.45) is 5.84 Å². The van der Waals surface area contributed by atoms with Crippen molar-refractivity contribution in [2.75, 3.05) is 25.7 Å². The van der Waals surface area contributed by atoms with Crippen molar-refractivity contribution in [3.63, 3.8) is 0 Å². The maximum Gasteiger partial charge on any atom is 0.140 e. The zero-order valence-corrected chi connectivity index (χ0v) is 8.19. The van der Waals surface area contributed by atoms with E-state index in [1.54, 1.807) is 13.3 Å². The SMILES string of the molecule is COCCOCc1ccnc(NN)c1. The van der Waals surface area contributed by atoms with Crippen LogP contribution in [0, 0.1) is 0 Å². The number of methoxy groups -OCH3 is 1. The summed E-state index contributed by atoms with van der Waals surface area (Å²) in [4.78, 5) is 3.99. The van der Waals surface area contributed by atoms with Gasteiger partial charge in [-0.1, -0.05) is 0 Å². The van der Waals surface area contributed by atoms with E-state index < -0.39 is 0 Å². The number of ether oxygens (including phenoxy) is 2. The van der Waals surface area contributed by atoms with E-state index in [2.05, 4.69) is 10.4 Å². The summed E-state index contributed by atoms with van der Waals surface area (Å²) in [7, 11) is 1.65. The molecule has 0 saturated heterocycles. The van der Waals surface area contributed by atoms with Crippen LogP contribution in [-0.4, -0.2) is 25.3 Å². The number of anilines is 1. The number of hydrogen-bond donors (Lipinski definition) is 2. The Morgan fingerprint density at radius 3 is 3.07 bits per heavy atom. The molecule has 0 aromatic carbocycles. The number of nitrogens with two attached hydrogens (primary N) is 1. The summed E-state index contributed by atoms with van der Waals surface area (Å²) < 4.78 is 10.2. The minimum Gasteiger partial charge on any atom is -0.382 e. The van der Waals surface area contributed by atoms with E-state index in [4.69, 9.17) is 15.3 Å². The van der Waals surface area contributed by atoms with Crippen molar-refractivity contribution in [3.8, 4) is 0 Å². The lowest BCUT2D eigenvalue weighted by Gasteiger charge is -2.05. The molecule has 1 aromatic heterocycles. The Morgan fingerprint density at radius 1 is 1.50 bits per heavy atom. The van der Waals surface area contributed by atoms with E-state index in [0.717, 1.165) is 5.56 Å². The number of hydrazine groups is 1. The van der Waals surface area contributed by atoms with Crippen molar-refractivity contribution in [1.82, 2.24) is 4.98 Å². The van der Waals surface area contributed by atoms with Crippen LogP contribution in [0.3, 0.4) is 0 Å². The summed E-state index contributed by atoms with van der Waals surface area (Å²) in [5.41, 5.74) is 3.51. The fourth-order valence-corrected chi connectivity index (χ4v) is 0.975. The highest BCUT2D eigenvalue weighted by Crippen LogP contribution is 2.06. The molecule has 5 heteroatoms. The van der Waals surface area contributed by atoms with Crippen molar-refractivity contribution in [1.29, 1.82) is 0 Å². The lowest BCUT2D eigenvalue weighted by molar-refractivity contribution is 0.0616. The van der Waals surface area contributed by atoms with Gasteiger partial charge in [-0.05, 0) is 17.7 Å². The smallest absolute Gasteiger partial charge is 0.140 e. The van der Waals surface area contributed by atoms with Crippen molar-refractivity contribution < 1.29 is 9.47 Å². The summed E-state index contributed by atoms with van der Waals surface area (Å²) in [6.07, 6.45) is 1.68. The Labute approximate surface area is 83.2 Å². The van der Waals surface area contributed by atoms with Crippen LogP contribution in [0.15, 0.2) is 18.3 Å². The number of pyridine rings is 1. The molecule has 78 valence electrons. The molecule has 0 aliphatic rings. The maximum atomic E-state index is 5.34. The summed E-state index contributed by atoms with van der Waals surface area (Å²) in [5, 5.41) is 0. The average Bonchev–Trinajstić information content (AvgIpc) is 2.25. The molecule has 1 rings (SSSR count). The first-order valence-electron chi connectivity index (χ1n) is 4.35. The zero-order chi connectivity index (χ0) is 10.2. The van der Waals surface area contributed by atoms with Crippen LogP contribution < -0.4 is 11.3 Å². The lowest BCUT2D eigenvalue weighted by Crippen LogP contribution is -2.09. The van der Waals surface area contributed by atoms with E-state index in [1.165, 1.54) is 0 Å². The molecule has 0 atom stereocenters. The Kier molecular flexibility index (Phi) is 4.92. The van der Waals surface area contributed by atoms with Crippen LogP contribution in [0.25, 0.3) is 0 Å². The van der Waals surface area contributed by atoms with Crippen molar-refractivity contribution in [3.05, 3.63) is 23.9 Å². The number of nitrogens with zero attached hydrogens (tertiary/aromatic N) is 1. The van der Waals surface area contributed by atoms with Crippen molar-refractivity contribution >= 4 is 5.82 Å². The van der Waals surface area contributed by atoms with Crippen LogP contribution in [0.2, 0.25) is 0 Å². The minimum atomic E-state index is 0.542. The third kappa shape index (κ3) is 3.69. The quantitative estimate of drug-likeness (QED) is 0.395. The third-order valence-corrected chi connectivity index (χ3v) is 1.67. The minimum absolute atomic E-state index is 0.542. The van der Waals surface area contributed by atoms with Gasteiger partial charge >= 0.3 is 0 Å². The molecular formula is C9H15N3O2. The molecule has 0 aliphatic heterocycles. The fourth-order valence-electron chi connectivity index (χ4n) is 0.975. The van der Waals surface area contributed by atoms with Crippen LogP contribution >= 0.6 is 0 Å². The summed E-state index contributed by atoms with van der Waals surface area (Å²) in [5.74, 6) is 5.86. The average molecular weight is 197 g/mol. The second-order valence-corrected chi connectivity index (χ2v) is 2.74. The van der Waals surface area contributed by atoms with Gasteiger partial charge in [-0.3, -0.25) is 0 Å². The zero-order valence-electron chi connectivity index (χ0n) is 8.19. The Morgan fingerprint density at radius 2 is 2.36 bits per heavy atom. The summed E-state index contributed by atoms with van der Waals surface area (Å²) in [6.45, 7) is 1.73. The molecule has 0 fully saturated rings. The Bertz CT molecular complexity index is 268. The van der Waals surface area contributed by atoms with Gasteiger partial charge in [0.1, 0.15) is 5.82 Å². The predicted octanol–water partition coefficient (Wildman–Crippen LogP) is 0.530. The largest absolute Gasteiger partial charge is 0.382 e. The molecule has 5 nitrogen and oxygen atoms in total. The highest BCUT2D eigenvalue weighted by Gasteiger charge is 1.95. The van der Waals surface area contributed by atoms with Crippen LogP contribution in [0.5, 0.6) is 0 Å². The van der Waals surface area contributed by atoms with Gasteiger partial charge in [-0.25, -0.2) is 10.8 Å². The highest BCUT2D eigenvalue weighted by atomic mass is 16.5. The third-order valence-electron chi connectivity index (χ3n) is 1.67. The molecule has 3 N–H and O–H groups in total. The van der Waals surface area contributed by atoms with Gasteiger partial charge in [-0.2, -0.15) is 0 Å². The molecule has 0 amide bonds. The molecule has 14 heavy (non-hydrogen) atoms. The number of nitrogens with one attached hydrogen (secondary N) is 1. The van der Waals surface area contributed by atoms with E-state index >= 15 is 0 Å². The van der Waals surface area contributed by atoms with E-state index in [0.29, 0.717) is 25.6 Å². The van der Waals surface area contributed by atoms with Gasteiger partial charge in [0.05, 0.1) is 19.8 Å². The molecule has 0 bridgehead atoms. The Hall–Kier alpha value is -1.17. The maximum absolute atomic E-state index is 5.34. The van der Waals surface area contributed by atoms with Gasteiger partial charge in [0.25, 0.3) is 0 Å². The van der Waals surface area contributed by atoms with Gasteiger partial charge < -0.3 is 14.9 Å². The highest BCUT2D eigenvalue weighted by molar-refractivity contribution is 5.35. The van der Waals surface area contributed by atoms with Crippen LogP contribution in [-0.2, 0) is 16.1 Å². The van der Waals surface area contributed by atoms with Crippen molar-refractivity contribution in [2.45, 2.75) is 6.61 Å². The van der Waals surface area contributed by atoms with Crippen LogP contribution in [0.1, 0.15) is 5.56 Å². The molecule has 1 heterocycles. The first-order chi connectivity index (χ1) is 6.86. The molecule has 1 aromatic rings. The molecule has 0 saturated carbocycles. The predicted molar refractivity (Wildman–Crippen MR) is 53.6 cm³/mol. The molecular weight excluding hydrogens is 182 g/mol. The second kappa shape index (κ2) is 6.31. The van der Waals surface area contributed by atoms with E-state index in [-0.39, 0.29) is 0 Å². The van der Waals surface area contributed by atoms with E-state index in [9.17, 15) is 0 Å². The second-order valence-electron chi connectivity index (χ2n) is 2.74. The normalized spacial score (nSPS) is 10.1. The van der Waals surface area contributed by atoms with Crippen LogP contribution in [0.4, 0.5) is 5.82 Å². The number of aromatic nitrogens is 1. The first kappa shape index (κ1) is 10.9. The molecule has 0 spiro atoms. The fraction of sp³-hybridized carbons (Fsp3) is 0.444. The summed E-state index contributed by atoms with van der Waals surface area (Å²) in [6, 6.07) is 3.72. The molecule has 0 radical (unpaired) electrons. The summed E-state index contributed by atoms with van der Waals surface area (Å²) >= 11 is 0.